The van der Waals surface area contributed by atoms with E-state index >= 15 is 0 Å². The molecular weight excluding hydrogens is 440 g/mol. The van der Waals surface area contributed by atoms with Crippen molar-refractivity contribution in [3.63, 3.8) is 0 Å². The zero-order chi connectivity index (χ0) is 24.9. The van der Waals surface area contributed by atoms with Crippen LogP contribution in [0.15, 0.2) is 36.5 Å². The van der Waals surface area contributed by atoms with Crippen molar-refractivity contribution in [1.82, 2.24) is 14.5 Å². The third-order valence-electron chi connectivity index (χ3n) is 6.92. The molecule has 2 atom stereocenters. The number of esters is 1. The number of carbonyl (C=O) groups is 1. The van der Waals surface area contributed by atoms with Crippen molar-refractivity contribution in [2.24, 2.45) is 0 Å². The number of aromatic nitrogens is 2. The van der Waals surface area contributed by atoms with Gasteiger partial charge in [0.15, 0.2) is 0 Å². The Morgan fingerprint density at radius 2 is 1.94 bits per heavy atom. The van der Waals surface area contributed by atoms with Crippen LogP contribution in [-0.2, 0) is 9.53 Å². The van der Waals surface area contributed by atoms with Crippen molar-refractivity contribution in [3.8, 4) is 11.8 Å². The van der Waals surface area contributed by atoms with Gasteiger partial charge in [0.1, 0.15) is 0 Å². The molecule has 1 aromatic carbocycles. The van der Waals surface area contributed by atoms with Crippen molar-refractivity contribution < 1.29 is 14.6 Å². The Morgan fingerprint density at radius 1 is 1.23 bits per heavy atom. The van der Waals surface area contributed by atoms with Crippen LogP contribution in [0, 0.1) is 18.3 Å². The minimum Gasteiger partial charge on any atom is -0.466 e. The molecule has 35 heavy (non-hydrogen) atoms. The Hall–Kier alpha value is -3.21. The second-order valence-electron chi connectivity index (χ2n) is 9.42. The van der Waals surface area contributed by atoms with Crippen LogP contribution in [0.3, 0.4) is 0 Å². The summed E-state index contributed by atoms with van der Waals surface area (Å²) in [6.45, 7) is 8.77. The zero-order valence-electron chi connectivity index (χ0n) is 20.8. The molecule has 4 rings (SSSR count). The van der Waals surface area contributed by atoms with E-state index < -0.39 is 6.10 Å². The van der Waals surface area contributed by atoms with Gasteiger partial charge in [0.2, 0.25) is 0 Å². The summed E-state index contributed by atoms with van der Waals surface area (Å²) >= 11 is 0. The van der Waals surface area contributed by atoms with Crippen LogP contribution < -0.4 is 0 Å². The smallest absolute Gasteiger partial charge is 0.306 e. The molecule has 1 fully saturated rings. The lowest BCUT2D eigenvalue weighted by Crippen LogP contribution is -2.33. The summed E-state index contributed by atoms with van der Waals surface area (Å²) in [7, 11) is 0. The molecule has 0 radical (unpaired) electrons. The molecule has 1 aliphatic rings. The standard InChI is InChI=1S/C28H34N4O3/c1-4-35-26(34)14-19(2)22-15-24-28(30-17-22)27(25(33)18-31-12-6-5-7-13-31)20(3)32(24)23-10-8-21(16-29)9-11-23/h8-11,15,17,19,25,33H,4-7,12-14,18H2,1-3H3/t19-,25?/m1/s1. The number of rotatable bonds is 8. The van der Waals surface area contributed by atoms with Crippen LogP contribution in [0.4, 0.5) is 0 Å². The number of carbonyl (C=O) groups excluding carboxylic acids is 1. The van der Waals surface area contributed by atoms with Crippen LogP contribution in [0.1, 0.15) is 73.9 Å². The highest BCUT2D eigenvalue weighted by atomic mass is 16.5. The SMILES string of the molecule is CCOC(=O)C[C@@H](C)c1cnc2c(C(O)CN3CCCCC3)c(C)n(-c3ccc(C#N)cc3)c2c1. The number of pyridine rings is 1. The molecule has 1 saturated heterocycles. The molecule has 7 heteroatoms. The largest absolute Gasteiger partial charge is 0.466 e. The first-order valence-corrected chi connectivity index (χ1v) is 12.5. The summed E-state index contributed by atoms with van der Waals surface area (Å²) in [5.41, 5.74) is 5.85. The molecule has 0 amide bonds. The van der Waals surface area contributed by atoms with Gasteiger partial charge < -0.3 is 19.3 Å². The number of ether oxygens (including phenoxy) is 1. The highest BCUT2D eigenvalue weighted by Crippen LogP contribution is 2.35. The minimum atomic E-state index is -0.662. The molecule has 1 N–H and O–H groups in total. The van der Waals surface area contributed by atoms with E-state index in [2.05, 4.69) is 21.6 Å². The number of fused-ring (bicyclic) bond motifs is 1. The molecule has 0 spiro atoms. The molecule has 1 aliphatic heterocycles. The van der Waals surface area contributed by atoms with E-state index in [9.17, 15) is 15.2 Å². The van der Waals surface area contributed by atoms with Gasteiger partial charge in [-0.15, -0.1) is 0 Å². The van der Waals surface area contributed by atoms with Crippen molar-refractivity contribution >= 4 is 17.0 Å². The maximum atomic E-state index is 12.1. The Morgan fingerprint density at radius 3 is 2.60 bits per heavy atom. The summed E-state index contributed by atoms with van der Waals surface area (Å²) in [4.78, 5) is 19.2. The lowest BCUT2D eigenvalue weighted by molar-refractivity contribution is -0.143. The van der Waals surface area contributed by atoms with Crippen molar-refractivity contribution in [2.45, 2.75) is 58.5 Å². The fourth-order valence-corrected chi connectivity index (χ4v) is 5.07. The summed E-state index contributed by atoms with van der Waals surface area (Å²) in [5, 5.41) is 20.6. The zero-order valence-corrected chi connectivity index (χ0v) is 20.8. The minimum absolute atomic E-state index is 0.0581. The number of likely N-dealkylation sites (tertiary alicyclic amines) is 1. The molecule has 7 nitrogen and oxygen atoms in total. The number of aliphatic hydroxyl groups excluding tert-OH is 1. The first-order chi connectivity index (χ1) is 16.9. The van der Waals surface area contributed by atoms with Gasteiger partial charge >= 0.3 is 5.97 Å². The third kappa shape index (κ3) is 5.39. The van der Waals surface area contributed by atoms with Gasteiger partial charge in [0, 0.05) is 29.7 Å². The Labute approximate surface area is 206 Å². The Kier molecular flexibility index (Phi) is 7.84. The van der Waals surface area contributed by atoms with Crippen molar-refractivity contribution in [1.29, 1.82) is 5.26 Å². The number of nitriles is 1. The molecule has 1 unspecified atom stereocenters. The van der Waals surface area contributed by atoms with Gasteiger partial charge in [0.25, 0.3) is 0 Å². The molecule has 3 aromatic rings. The van der Waals surface area contributed by atoms with Crippen molar-refractivity contribution in [2.75, 3.05) is 26.2 Å². The Bertz CT molecular complexity index is 1220. The van der Waals surface area contributed by atoms with Gasteiger partial charge in [0.05, 0.1) is 41.8 Å². The molecule has 2 aromatic heterocycles. The number of hydrogen-bond acceptors (Lipinski definition) is 6. The van der Waals surface area contributed by atoms with Crippen LogP contribution in [0.5, 0.6) is 0 Å². The lowest BCUT2D eigenvalue weighted by atomic mass is 9.98. The first-order valence-electron chi connectivity index (χ1n) is 12.5. The van der Waals surface area contributed by atoms with E-state index in [1.165, 1.54) is 19.3 Å². The summed E-state index contributed by atoms with van der Waals surface area (Å²) in [6.07, 6.45) is 5.01. The van der Waals surface area contributed by atoms with Gasteiger partial charge in [-0.3, -0.25) is 9.78 Å². The van der Waals surface area contributed by atoms with Crippen LogP contribution in [-0.4, -0.2) is 51.8 Å². The molecule has 0 saturated carbocycles. The molecule has 184 valence electrons. The maximum absolute atomic E-state index is 12.1. The van der Waals surface area contributed by atoms with E-state index in [0.29, 0.717) is 18.7 Å². The number of β-amino-alcohol motifs (C(OH)–C–C–N with tert-alkyl or cyclic N) is 1. The van der Waals surface area contributed by atoms with Crippen LogP contribution >= 0.6 is 0 Å². The maximum Gasteiger partial charge on any atom is 0.306 e. The van der Waals surface area contributed by atoms with E-state index in [4.69, 9.17) is 9.72 Å². The van der Waals surface area contributed by atoms with Gasteiger partial charge in [-0.1, -0.05) is 13.3 Å². The number of hydrogen-bond donors (Lipinski definition) is 1. The van der Waals surface area contributed by atoms with E-state index in [-0.39, 0.29) is 18.3 Å². The van der Waals surface area contributed by atoms with Crippen LogP contribution in [0.2, 0.25) is 0 Å². The predicted octanol–water partition coefficient (Wildman–Crippen LogP) is 4.78. The highest BCUT2D eigenvalue weighted by Gasteiger charge is 2.25. The summed E-state index contributed by atoms with van der Waals surface area (Å²) in [5.74, 6) is -0.284. The van der Waals surface area contributed by atoms with E-state index in [1.54, 1.807) is 19.1 Å². The second kappa shape index (κ2) is 11.0. The van der Waals surface area contributed by atoms with Crippen molar-refractivity contribution in [3.05, 3.63) is 58.9 Å². The second-order valence-corrected chi connectivity index (χ2v) is 9.42. The average Bonchev–Trinajstić information content (AvgIpc) is 3.15. The van der Waals surface area contributed by atoms with E-state index in [0.717, 1.165) is 46.6 Å². The molecule has 0 bridgehead atoms. The van der Waals surface area contributed by atoms with Gasteiger partial charge in [-0.05, 0) is 81.6 Å². The normalized spacial score (nSPS) is 16.1. The fourth-order valence-electron chi connectivity index (χ4n) is 5.07. The van der Waals surface area contributed by atoms with Gasteiger partial charge in [-0.2, -0.15) is 5.26 Å². The predicted molar refractivity (Wildman–Crippen MR) is 135 cm³/mol. The fraction of sp³-hybridized carbons (Fsp3) is 0.464. The van der Waals surface area contributed by atoms with Gasteiger partial charge in [-0.25, -0.2) is 0 Å². The first kappa shape index (κ1) is 24.9. The molecule has 0 aliphatic carbocycles. The number of benzene rings is 1. The molecule has 3 heterocycles. The number of aliphatic hydroxyl groups is 1. The topological polar surface area (TPSA) is 91.4 Å². The third-order valence-corrected chi connectivity index (χ3v) is 6.92. The van der Waals surface area contributed by atoms with Crippen LogP contribution in [0.25, 0.3) is 16.7 Å². The lowest BCUT2D eigenvalue weighted by Gasteiger charge is -2.28. The van der Waals surface area contributed by atoms with E-state index in [1.807, 2.05) is 32.2 Å². The average molecular weight is 475 g/mol. The number of nitrogens with zero attached hydrogens (tertiary/aromatic N) is 4. The summed E-state index contributed by atoms with van der Waals surface area (Å²) < 4.78 is 7.23. The number of piperidine rings is 1. The monoisotopic (exact) mass is 474 g/mol. The Balaban J connectivity index is 1.78. The quantitative estimate of drug-likeness (QED) is 0.473. The summed E-state index contributed by atoms with van der Waals surface area (Å²) in [6, 6.07) is 11.7. The molecular formula is C28H34N4O3. The highest BCUT2D eigenvalue weighted by molar-refractivity contribution is 5.85.